The fourth-order valence-electron chi connectivity index (χ4n) is 4.26. The first-order valence-electron chi connectivity index (χ1n) is 11.1. The molecule has 1 saturated heterocycles. The van der Waals surface area contributed by atoms with Gasteiger partial charge in [0, 0.05) is 10.6 Å². The number of fused-ring (bicyclic) bond motifs is 1. The highest BCUT2D eigenvalue weighted by atomic mass is 35.5. The number of thiazole rings is 1. The first-order valence-corrected chi connectivity index (χ1v) is 12.7. The molecule has 1 aromatic heterocycles. The minimum absolute atomic E-state index is 0.0709. The maximum atomic E-state index is 13.4. The zero-order valence-corrected chi connectivity index (χ0v) is 21.6. The van der Waals surface area contributed by atoms with Crippen LogP contribution in [0.2, 0.25) is 10.0 Å². The Morgan fingerprint density at radius 2 is 1.92 bits per heavy atom. The standard InChI is InChI=1S/C27H20Cl2N2O4S/c1-3-35-17-8-9-19(29)18(13-17)24(32)22-23(15-6-4-5-14(2)11-15)31(26(34)25(22)33)27-30-20-10-7-16(28)12-21(20)36-27/h4-13,23,32H,3H2,1-2H3/b24-22+. The predicted octanol–water partition coefficient (Wildman–Crippen LogP) is 6.94. The number of Topliss-reactive ketones (excluding diaryl/α,β-unsaturated/α-hetero) is 1. The Labute approximate surface area is 221 Å². The van der Waals surface area contributed by atoms with Gasteiger partial charge in [-0.25, -0.2) is 4.98 Å². The summed E-state index contributed by atoms with van der Waals surface area (Å²) in [5.74, 6) is -1.51. The van der Waals surface area contributed by atoms with Crippen LogP contribution in [0, 0.1) is 6.92 Å². The Kier molecular flexibility index (Phi) is 6.47. The number of rotatable bonds is 5. The Bertz CT molecular complexity index is 1560. The Morgan fingerprint density at radius 3 is 2.67 bits per heavy atom. The van der Waals surface area contributed by atoms with E-state index in [1.54, 1.807) is 36.4 Å². The van der Waals surface area contributed by atoms with Gasteiger partial charge in [0.25, 0.3) is 5.78 Å². The maximum Gasteiger partial charge on any atom is 0.301 e. The lowest BCUT2D eigenvalue weighted by Gasteiger charge is -2.23. The van der Waals surface area contributed by atoms with Gasteiger partial charge in [-0.2, -0.15) is 0 Å². The van der Waals surface area contributed by atoms with Crippen LogP contribution < -0.4 is 9.64 Å². The summed E-state index contributed by atoms with van der Waals surface area (Å²) in [4.78, 5) is 32.8. The van der Waals surface area contributed by atoms with E-state index in [4.69, 9.17) is 27.9 Å². The van der Waals surface area contributed by atoms with E-state index in [-0.39, 0.29) is 21.9 Å². The molecule has 5 rings (SSSR count). The van der Waals surface area contributed by atoms with Gasteiger partial charge >= 0.3 is 5.91 Å². The van der Waals surface area contributed by atoms with Gasteiger partial charge in [0.1, 0.15) is 11.5 Å². The molecule has 36 heavy (non-hydrogen) atoms. The molecular formula is C27H20Cl2N2O4S. The van der Waals surface area contributed by atoms with Crippen molar-refractivity contribution >= 4 is 67.3 Å². The lowest BCUT2D eigenvalue weighted by molar-refractivity contribution is -0.132. The second-order valence-electron chi connectivity index (χ2n) is 8.27. The number of carbonyl (C=O) groups is 2. The topological polar surface area (TPSA) is 79.7 Å². The number of halogens is 2. The molecule has 1 aliphatic heterocycles. The van der Waals surface area contributed by atoms with Gasteiger partial charge < -0.3 is 9.84 Å². The largest absolute Gasteiger partial charge is 0.507 e. The number of ether oxygens (including phenoxy) is 1. The minimum atomic E-state index is -0.909. The number of carbonyl (C=O) groups excluding carboxylic acids is 2. The second-order valence-corrected chi connectivity index (χ2v) is 10.1. The molecule has 0 bridgehead atoms. The van der Waals surface area contributed by atoms with Gasteiger partial charge in [0.2, 0.25) is 0 Å². The fraction of sp³-hybridized carbons (Fsp3) is 0.148. The lowest BCUT2D eigenvalue weighted by atomic mass is 9.94. The number of ketones is 1. The van der Waals surface area contributed by atoms with E-state index in [0.717, 1.165) is 10.3 Å². The molecule has 1 amide bonds. The summed E-state index contributed by atoms with van der Waals surface area (Å²) in [5.41, 5.74) is 2.38. The average molecular weight is 539 g/mol. The zero-order chi connectivity index (χ0) is 25.6. The molecule has 0 radical (unpaired) electrons. The number of anilines is 1. The molecule has 1 N–H and O–H groups in total. The highest BCUT2D eigenvalue weighted by Crippen LogP contribution is 2.45. The van der Waals surface area contributed by atoms with Crippen molar-refractivity contribution in [2.75, 3.05) is 11.5 Å². The van der Waals surface area contributed by atoms with Crippen molar-refractivity contribution < 1.29 is 19.4 Å². The van der Waals surface area contributed by atoms with E-state index >= 15 is 0 Å². The van der Waals surface area contributed by atoms with Crippen molar-refractivity contribution in [1.82, 2.24) is 4.98 Å². The molecule has 1 unspecified atom stereocenters. The van der Waals surface area contributed by atoms with Crippen LogP contribution in [0.15, 0.2) is 66.2 Å². The Hall–Kier alpha value is -3.39. The summed E-state index contributed by atoms with van der Waals surface area (Å²) >= 11 is 13.8. The van der Waals surface area contributed by atoms with Crippen LogP contribution >= 0.6 is 34.5 Å². The SMILES string of the molecule is CCOc1ccc(Cl)c(/C(O)=C2\C(=O)C(=O)N(c3nc4ccc(Cl)cc4s3)C2c2cccc(C)c2)c1. The number of aromatic nitrogens is 1. The van der Waals surface area contributed by atoms with Crippen LogP contribution in [-0.2, 0) is 9.59 Å². The van der Waals surface area contributed by atoms with Crippen LogP contribution in [0.5, 0.6) is 5.75 Å². The van der Waals surface area contributed by atoms with Gasteiger partial charge in [-0.15, -0.1) is 0 Å². The van der Waals surface area contributed by atoms with Crippen molar-refractivity contribution in [1.29, 1.82) is 0 Å². The molecule has 0 saturated carbocycles. The number of aryl methyl sites for hydroxylation is 1. The first kappa shape index (κ1) is 24.3. The number of benzene rings is 3. The number of aliphatic hydroxyl groups is 1. The van der Waals surface area contributed by atoms with Crippen molar-refractivity contribution in [2.24, 2.45) is 0 Å². The number of nitrogens with zero attached hydrogens (tertiary/aromatic N) is 2. The number of hydrogen-bond donors (Lipinski definition) is 1. The molecule has 182 valence electrons. The van der Waals surface area contributed by atoms with Crippen LogP contribution in [0.1, 0.15) is 29.7 Å². The van der Waals surface area contributed by atoms with Gasteiger partial charge in [0.05, 0.1) is 33.5 Å². The molecule has 1 atom stereocenters. The first-order chi connectivity index (χ1) is 17.3. The Morgan fingerprint density at radius 1 is 1.11 bits per heavy atom. The van der Waals surface area contributed by atoms with Crippen molar-refractivity contribution in [2.45, 2.75) is 19.9 Å². The summed E-state index contributed by atoms with van der Waals surface area (Å²) in [5, 5.41) is 12.5. The van der Waals surface area contributed by atoms with E-state index in [0.29, 0.717) is 33.6 Å². The monoisotopic (exact) mass is 538 g/mol. The highest BCUT2D eigenvalue weighted by molar-refractivity contribution is 7.22. The maximum absolute atomic E-state index is 13.4. The lowest BCUT2D eigenvalue weighted by Crippen LogP contribution is -2.29. The third-order valence-electron chi connectivity index (χ3n) is 5.85. The third kappa shape index (κ3) is 4.23. The zero-order valence-electron chi connectivity index (χ0n) is 19.3. The van der Waals surface area contributed by atoms with E-state index in [2.05, 4.69) is 4.98 Å². The summed E-state index contributed by atoms with van der Waals surface area (Å²) in [6.45, 7) is 4.16. The average Bonchev–Trinajstić information content (AvgIpc) is 3.38. The smallest absolute Gasteiger partial charge is 0.301 e. The van der Waals surface area contributed by atoms with Gasteiger partial charge in [-0.05, 0) is 55.8 Å². The van der Waals surface area contributed by atoms with Crippen LogP contribution in [0.4, 0.5) is 5.13 Å². The summed E-state index contributed by atoms with van der Waals surface area (Å²) in [6, 6.07) is 16.6. The molecule has 6 nitrogen and oxygen atoms in total. The predicted molar refractivity (Wildman–Crippen MR) is 143 cm³/mol. The Balaban J connectivity index is 1.74. The molecular weight excluding hydrogens is 519 g/mol. The summed E-state index contributed by atoms with van der Waals surface area (Å²) < 4.78 is 6.32. The third-order valence-corrected chi connectivity index (χ3v) is 7.43. The molecule has 4 aromatic rings. The number of amides is 1. The van der Waals surface area contributed by atoms with E-state index in [1.807, 2.05) is 38.1 Å². The molecule has 9 heteroatoms. The van der Waals surface area contributed by atoms with Gasteiger partial charge in [-0.3, -0.25) is 14.5 Å². The van der Waals surface area contributed by atoms with E-state index < -0.39 is 17.7 Å². The number of aliphatic hydroxyl groups excluding tert-OH is 1. The van der Waals surface area contributed by atoms with Crippen LogP contribution in [0.3, 0.4) is 0 Å². The van der Waals surface area contributed by atoms with Crippen molar-refractivity contribution in [3.63, 3.8) is 0 Å². The number of hydrogen-bond acceptors (Lipinski definition) is 6. The highest BCUT2D eigenvalue weighted by Gasteiger charge is 2.48. The van der Waals surface area contributed by atoms with E-state index in [1.165, 1.54) is 16.2 Å². The summed E-state index contributed by atoms with van der Waals surface area (Å²) in [7, 11) is 0. The normalized spacial score (nSPS) is 17.2. The molecule has 1 fully saturated rings. The van der Waals surface area contributed by atoms with Crippen molar-refractivity contribution in [3.8, 4) is 5.75 Å². The summed E-state index contributed by atoms with van der Waals surface area (Å²) in [6.07, 6.45) is 0. The van der Waals surface area contributed by atoms with Gasteiger partial charge in [0.15, 0.2) is 5.13 Å². The molecule has 3 aromatic carbocycles. The molecule has 0 spiro atoms. The van der Waals surface area contributed by atoms with Crippen molar-refractivity contribution in [3.05, 3.63) is 93.0 Å². The second kappa shape index (κ2) is 9.58. The van der Waals surface area contributed by atoms with Gasteiger partial charge in [-0.1, -0.05) is 64.4 Å². The molecule has 2 heterocycles. The molecule has 1 aliphatic rings. The fourth-order valence-corrected chi connectivity index (χ4v) is 5.74. The minimum Gasteiger partial charge on any atom is -0.507 e. The van der Waals surface area contributed by atoms with Crippen LogP contribution in [-0.4, -0.2) is 28.4 Å². The van der Waals surface area contributed by atoms with E-state index in [9.17, 15) is 14.7 Å². The van der Waals surface area contributed by atoms with Crippen LogP contribution in [0.25, 0.3) is 16.0 Å². The quantitative estimate of drug-likeness (QED) is 0.169. The molecule has 0 aliphatic carbocycles.